The summed E-state index contributed by atoms with van der Waals surface area (Å²) < 4.78 is 0. The number of piperazine rings is 1. The second-order valence-corrected chi connectivity index (χ2v) is 4.74. The second kappa shape index (κ2) is 5.23. The van der Waals surface area contributed by atoms with Crippen molar-refractivity contribution in [3.63, 3.8) is 0 Å². The highest BCUT2D eigenvalue weighted by atomic mass is 35.5. The lowest BCUT2D eigenvalue weighted by atomic mass is 10.1. The van der Waals surface area contributed by atoms with Crippen LogP contribution in [0.1, 0.15) is 5.56 Å². The summed E-state index contributed by atoms with van der Waals surface area (Å²) in [6.07, 6.45) is 0. The van der Waals surface area contributed by atoms with Crippen LogP contribution >= 0.6 is 23.2 Å². The van der Waals surface area contributed by atoms with Gasteiger partial charge in [0, 0.05) is 44.4 Å². The Morgan fingerprint density at radius 1 is 1.19 bits per heavy atom. The summed E-state index contributed by atoms with van der Waals surface area (Å²) in [6.45, 7) is 4.66. The van der Waals surface area contributed by atoms with E-state index >= 15 is 0 Å². The summed E-state index contributed by atoms with van der Waals surface area (Å²) in [7, 11) is 0. The van der Waals surface area contributed by atoms with Crippen molar-refractivity contribution in [2.75, 3.05) is 26.2 Å². The average Bonchev–Trinajstić information content (AvgIpc) is 2.27. The Balaban J connectivity index is 2.11. The Morgan fingerprint density at radius 2 is 1.81 bits per heavy atom. The summed E-state index contributed by atoms with van der Waals surface area (Å²) in [5.74, 6) is 0.216. The average molecular weight is 261 g/mol. The number of phenols is 1. The first kappa shape index (κ1) is 12.0. The van der Waals surface area contributed by atoms with Gasteiger partial charge in [-0.2, -0.15) is 0 Å². The van der Waals surface area contributed by atoms with Crippen LogP contribution in [0.15, 0.2) is 12.1 Å². The maximum atomic E-state index is 9.76. The number of phenolic OH excluding ortho intramolecular Hbond substituents is 1. The monoisotopic (exact) mass is 260 g/mol. The van der Waals surface area contributed by atoms with E-state index in [-0.39, 0.29) is 5.75 Å². The first-order valence-electron chi connectivity index (χ1n) is 5.27. The van der Waals surface area contributed by atoms with Crippen molar-refractivity contribution in [1.29, 1.82) is 0 Å². The highest BCUT2D eigenvalue weighted by Crippen LogP contribution is 2.30. The Bertz CT molecular complexity index is 378. The van der Waals surface area contributed by atoms with Gasteiger partial charge in [-0.25, -0.2) is 0 Å². The van der Waals surface area contributed by atoms with Crippen LogP contribution in [-0.2, 0) is 6.54 Å². The van der Waals surface area contributed by atoms with Crippen LogP contribution in [0.25, 0.3) is 0 Å². The molecule has 0 unspecified atom stereocenters. The van der Waals surface area contributed by atoms with Crippen LogP contribution in [0.5, 0.6) is 5.75 Å². The molecule has 2 rings (SSSR count). The molecule has 3 nitrogen and oxygen atoms in total. The number of halogens is 2. The molecule has 0 amide bonds. The fraction of sp³-hybridized carbons (Fsp3) is 0.455. The molecule has 0 spiro atoms. The van der Waals surface area contributed by atoms with Crippen molar-refractivity contribution >= 4 is 23.2 Å². The van der Waals surface area contributed by atoms with Gasteiger partial charge in [-0.15, -0.1) is 0 Å². The van der Waals surface area contributed by atoms with Crippen molar-refractivity contribution in [2.24, 2.45) is 0 Å². The van der Waals surface area contributed by atoms with Crippen LogP contribution in [0.3, 0.4) is 0 Å². The molecule has 2 N–H and O–H groups in total. The molecule has 5 heteroatoms. The molecule has 1 aliphatic rings. The zero-order valence-electron chi connectivity index (χ0n) is 8.84. The molecule has 1 aromatic carbocycles. The maximum absolute atomic E-state index is 9.76. The van der Waals surface area contributed by atoms with E-state index < -0.39 is 0 Å². The lowest BCUT2D eigenvalue weighted by molar-refractivity contribution is 0.230. The van der Waals surface area contributed by atoms with Crippen molar-refractivity contribution in [3.05, 3.63) is 27.7 Å². The van der Waals surface area contributed by atoms with Gasteiger partial charge in [0.1, 0.15) is 5.75 Å². The minimum Gasteiger partial charge on any atom is -0.508 e. The van der Waals surface area contributed by atoms with Gasteiger partial charge in [0.2, 0.25) is 0 Å². The van der Waals surface area contributed by atoms with Gasteiger partial charge in [-0.1, -0.05) is 23.2 Å². The predicted molar refractivity (Wildman–Crippen MR) is 66.3 cm³/mol. The lowest BCUT2D eigenvalue weighted by Gasteiger charge is -2.27. The molecule has 1 saturated heterocycles. The molecule has 0 atom stereocenters. The van der Waals surface area contributed by atoms with Gasteiger partial charge in [0.15, 0.2) is 0 Å². The minimum atomic E-state index is 0.216. The van der Waals surface area contributed by atoms with E-state index in [2.05, 4.69) is 10.2 Å². The third kappa shape index (κ3) is 2.80. The normalized spacial score (nSPS) is 17.6. The molecule has 0 aliphatic carbocycles. The quantitative estimate of drug-likeness (QED) is 0.855. The highest BCUT2D eigenvalue weighted by molar-refractivity contribution is 6.42. The second-order valence-electron chi connectivity index (χ2n) is 3.92. The van der Waals surface area contributed by atoms with Crippen LogP contribution < -0.4 is 5.32 Å². The van der Waals surface area contributed by atoms with Crippen molar-refractivity contribution < 1.29 is 5.11 Å². The van der Waals surface area contributed by atoms with Gasteiger partial charge in [-0.05, 0) is 6.07 Å². The zero-order valence-corrected chi connectivity index (χ0v) is 10.4. The molecular formula is C11H14Cl2N2O. The molecule has 1 fully saturated rings. The van der Waals surface area contributed by atoms with Crippen molar-refractivity contribution in [1.82, 2.24) is 10.2 Å². The topological polar surface area (TPSA) is 35.5 Å². The molecule has 0 saturated carbocycles. The van der Waals surface area contributed by atoms with E-state index in [9.17, 15) is 5.11 Å². The first-order chi connectivity index (χ1) is 7.66. The van der Waals surface area contributed by atoms with Crippen molar-refractivity contribution in [3.8, 4) is 5.75 Å². The van der Waals surface area contributed by atoms with Gasteiger partial charge in [0.25, 0.3) is 0 Å². The van der Waals surface area contributed by atoms with Gasteiger partial charge in [-0.3, -0.25) is 4.90 Å². The van der Waals surface area contributed by atoms with E-state index in [4.69, 9.17) is 23.2 Å². The number of rotatable bonds is 2. The fourth-order valence-electron chi connectivity index (χ4n) is 1.81. The minimum absolute atomic E-state index is 0.216. The Kier molecular flexibility index (Phi) is 3.92. The van der Waals surface area contributed by atoms with Crippen LogP contribution in [0.4, 0.5) is 0 Å². The van der Waals surface area contributed by atoms with Crippen molar-refractivity contribution in [2.45, 2.75) is 6.54 Å². The molecule has 0 bridgehead atoms. The van der Waals surface area contributed by atoms with Crippen LogP contribution in [0, 0.1) is 0 Å². The highest BCUT2D eigenvalue weighted by Gasteiger charge is 2.13. The Labute approximate surface area is 105 Å². The molecule has 0 radical (unpaired) electrons. The zero-order chi connectivity index (χ0) is 11.5. The summed E-state index contributed by atoms with van der Waals surface area (Å²) in [6, 6.07) is 3.24. The van der Waals surface area contributed by atoms with E-state index in [0.717, 1.165) is 31.7 Å². The third-order valence-electron chi connectivity index (χ3n) is 2.73. The number of benzene rings is 1. The van der Waals surface area contributed by atoms with Gasteiger partial charge >= 0.3 is 0 Å². The number of aromatic hydroxyl groups is 1. The van der Waals surface area contributed by atoms with Gasteiger partial charge < -0.3 is 10.4 Å². The number of hydrogen-bond acceptors (Lipinski definition) is 3. The summed E-state index contributed by atoms with van der Waals surface area (Å²) in [4.78, 5) is 2.27. The molecule has 1 heterocycles. The number of hydrogen-bond donors (Lipinski definition) is 2. The molecule has 1 aliphatic heterocycles. The van der Waals surface area contributed by atoms with E-state index in [1.807, 2.05) is 0 Å². The summed E-state index contributed by atoms with van der Waals surface area (Å²) in [5.41, 5.74) is 0.830. The molecule has 88 valence electrons. The largest absolute Gasteiger partial charge is 0.508 e. The summed E-state index contributed by atoms with van der Waals surface area (Å²) >= 11 is 11.7. The molecular weight excluding hydrogens is 247 g/mol. The first-order valence-corrected chi connectivity index (χ1v) is 6.02. The van der Waals surface area contributed by atoms with Crippen LogP contribution in [-0.4, -0.2) is 36.2 Å². The molecule has 1 aromatic rings. The predicted octanol–water partition coefficient (Wildman–Crippen LogP) is 2.10. The Hall–Kier alpha value is -0.480. The van der Waals surface area contributed by atoms with E-state index in [1.54, 1.807) is 6.07 Å². The number of nitrogens with one attached hydrogen (secondary N) is 1. The molecule has 16 heavy (non-hydrogen) atoms. The SMILES string of the molecule is Oc1cc(Cl)c(Cl)cc1CN1CCNCC1. The summed E-state index contributed by atoms with van der Waals surface area (Å²) in [5, 5.41) is 13.9. The number of nitrogens with zero attached hydrogens (tertiary/aromatic N) is 1. The smallest absolute Gasteiger partial charge is 0.121 e. The lowest BCUT2D eigenvalue weighted by Crippen LogP contribution is -2.42. The molecule has 0 aromatic heterocycles. The Morgan fingerprint density at radius 3 is 2.50 bits per heavy atom. The standard InChI is InChI=1S/C11H14Cl2N2O/c12-9-5-8(11(16)6-10(9)13)7-15-3-1-14-2-4-15/h5-6,14,16H,1-4,7H2. The van der Waals surface area contributed by atoms with Crippen LogP contribution in [0.2, 0.25) is 10.0 Å². The third-order valence-corrected chi connectivity index (χ3v) is 3.45. The fourth-order valence-corrected chi connectivity index (χ4v) is 2.16. The maximum Gasteiger partial charge on any atom is 0.121 e. The van der Waals surface area contributed by atoms with E-state index in [1.165, 1.54) is 6.07 Å². The van der Waals surface area contributed by atoms with E-state index in [0.29, 0.717) is 16.6 Å². The van der Waals surface area contributed by atoms with Gasteiger partial charge in [0.05, 0.1) is 10.0 Å².